The fourth-order valence-corrected chi connectivity index (χ4v) is 3.63. The van der Waals surface area contributed by atoms with Crippen LogP contribution in [0.15, 0.2) is 57.9 Å². The summed E-state index contributed by atoms with van der Waals surface area (Å²) in [5.41, 5.74) is 0. The molecule has 0 fully saturated rings. The van der Waals surface area contributed by atoms with Gasteiger partial charge in [0.25, 0.3) is 0 Å². The van der Waals surface area contributed by atoms with Crippen molar-refractivity contribution >= 4 is 26.0 Å². The molecule has 0 radical (unpaired) electrons. The number of para-hydroxylation sites is 2. The summed E-state index contributed by atoms with van der Waals surface area (Å²) in [6.45, 7) is -0.145. The van der Waals surface area contributed by atoms with Crippen LogP contribution in [-0.2, 0) is 10.0 Å². The lowest BCUT2D eigenvalue weighted by Crippen LogP contribution is -2.37. The molecule has 25 heavy (non-hydrogen) atoms. The summed E-state index contributed by atoms with van der Waals surface area (Å²) in [6, 6.07) is 13.4. The van der Waals surface area contributed by atoms with Crippen LogP contribution >= 0.6 is 15.9 Å². The zero-order chi connectivity index (χ0) is 18.4. The average molecular weight is 430 g/mol. The Morgan fingerprint density at radius 2 is 1.72 bits per heavy atom. The van der Waals surface area contributed by atoms with Gasteiger partial charge >= 0.3 is 0 Å². The summed E-state index contributed by atoms with van der Waals surface area (Å²) in [7, 11) is -0.729. The van der Waals surface area contributed by atoms with E-state index in [9.17, 15) is 13.5 Å². The Morgan fingerprint density at radius 3 is 2.32 bits per heavy atom. The number of likely N-dealkylation sites (N-methyl/N-ethyl adjacent to an activating group) is 1. The number of hydrogen-bond acceptors (Lipinski definition) is 5. The van der Waals surface area contributed by atoms with E-state index in [0.717, 1.165) is 8.78 Å². The standard InChI is InChI=1S/C17H20BrNO5S/c1-19(25(21,22)15-9-7-13(18)8-10-15)11-14(20)12-24-17-6-4-3-5-16(17)23-2/h3-10,14,20H,11-12H2,1-2H3/t14-/m1/s1. The number of benzene rings is 2. The van der Waals surface area contributed by atoms with Gasteiger partial charge in [0.2, 0.25) is 10.0 Å². The molecule has 0 unspecified atom stereocenters. The van der Waals surface area contributed by atoms with Crippen molar-refractivity contribution in [3.05, 3.63) is 53.0 Å². The molecule has 0 bridgehead atoms. The molecule has 0 amide bonds. The minimum atomic E-state index is -3.67. The summed E-state index contributed by atoms with van der Waals surface area (Å²) in [5, 5.41) is 10.1. The van der Waals surface area contributed by atoms with Gasteiger partial charge in [-0.2, -0.15) is 4.31 Å². The molecule has 1 atom stereocenters. The summed E-state index contributed by atoms with van der Waals surface area (Å²) < 4.78 is 37.6. The first-order valence-corrected chi connectivity index (χ1v) is 9.73. The summed E-state index contributed by atoms with van der Waals surface area (Å²) >= 11 is 3.27. The number of hydrogen-bond donors (Lipinski definition) is 1. The van der Waals surface area contributed by atoms with Gasteiger partial charge in [-0.25, -0.2) is 8.42 Å². The largest absolute Gasteiger partial charge is 0.493 e. The Labute approximate surface area is 156 Å². The molecule has 0 spiro atoms. The maximum absolute atomic E-state index is 12.5. The Hall–Kier alpha value is -1.61. The first-order chi connectivity index (χ1) is 11.8. The fraction of sp³-hybridized carbons (Fsp3) is 0.294. The Bertz CT molecular complexity index is 795. The van der Waals surface area contributed by atoms with E-state index in [4.69, 9.17) is 9.47 Å². The van der Waals surface area contributed by atoms with Crippen LogP contribution in [0.1, 0.15) is 0 Å². The SMILES string of the molecule is COc1ccccc1OC[C@H](O)CN(C)S(=O)(=O)c1ccc(Br)cc1. The molecule has 136 valence electrons. The first-order valence-electron chi connectivity index (χ1n) is 7.50. The minimum absolute atomic E-state index is 0.0550. The van der Waals surface area contributed by atoms with Crippen LogP contribution in [-0.4, -0.2) is 51.2 Å². The predicted octanol–water partition coefficient (Wildman–Crippen LogP) is 2.52. The van der Waals surface area contributed by atoms with Gasteiger partial charge in [0, 0.05) is 18.1 Å². The zero-order valence-electron chi connectivity index (χ0n) is 13.9. The van der Waals surface area contributed by atoms with Crippen LogP contribution in [0, 0.1) is 0 Å². The first kappa shape index (κ1) is 19.7. The molecule has 2 rings (SSSR count). The van der Waals surface area contributed by atoms with Crippen molar-refractivity contribution in [1.82, 2.24) is 4.31 Å². The molecule has 8 heteroatoms. The number of methoxy groups -OCH3 is 1. The highest BCUT2D eigenvalue weighted by Crippen LogP contribution is 2.26. The monoisotopic (exact) mass is 429 g/mol. The van der Waals surface area contributed by atoms with Crippen molar-refractivity contribution in [2.45, 2.75) is 11.0 Å². The molecule has 6 nitrogen and oxygen atoms in total. The van der Waals surface area contributed by atoms with Crippen LogP contribution < -0.4 is 9.47 Å². The molecule has 0 heterocycles. The second-order valence-electron chi connectivity index (χ2n) is 5.36. The molecule has 0 saturated carbocycles. The van der Waals surface area contributed by atoms with Gasteiger partial charge in [0.1, 0.15) is 12.7 Å². The maximum atomic E-state index is 12.5. The third kappa shape index (κ3) is 5.18. The second-order valence-corrected chi connectivity index (χ2v) is 8.32. The smallest absolute Gasteiger partial charge is 0.242 e. The molecule has 0 aromatic heterocycles. The molecule has 0 aliphatic heterocycles. The summed E-state index contributed by atoms with van der Waals surface area (Å²) in [4.78, 5) is 0.163. The number of sulfonamides is 1. The molecule has 2 aromatic rings. The van der Waals surface area contributed by atoms with E-state index in [1.807, 2.05) is 0 Å². The fourth-order valence-electron chi connectivity index (χ4n) is 2.16. The Morgan fingerprint density at radius 1 is 1.12 bits per heavy atom. The minimum Gasteiger partial charge on any atom is -0.493 e. The summed E-state index contributed by atoms with van der Waals surface area (Å²) in [5.74, 6) is 1.04. The van der Waals surface area contributed by atoms with Crippen LogP contribution in [0.5, 0.6) is 11.5 Å². The van der Waals surface area contributed by atoms with Gasteiger partial charge in [-0.05, 0) is 36.4 Å². The molecule has 0 aliphatic carbocycles. The van der Waals surface area contributed by atoms with Gasteiger partial charge in [0.05, 0.1) is 12.0 Å². The van der Waals surface area contributed by atoms with Crippen molar-refractivity contribution in [2.75, 3.05) is 27.3 Å². The van der Waals surface area contributed by atoms with Gasteiger partial charge in [0.15, 0.2) is 11.5 Å². The number of halogens is 1. The third-order valence-corrected chi connectivity index (χ3v) is 5.86. The highest BCUT2D eigenvalue weighted by molar-refractivity contribution is 9.10. The summed E-state index contributed by atoms with van der Waals surface area (Å²) in [6.07, 6.45) is -0.986. The average Bonchev–Trinajstić information content (AvgIpc) is 2.60. The van der Waals surface area contributed by atoms with E-state index in [1.165, 1.54) is 26.3 Å². The van der Waals surface area contributed by atoms with Crippen molar-refractivity contribution < 1.29 is 23.0 Å². The van der Waals surface area contributed by atoms with E-state index in [2.05, 4.69) is 15.9 Å². The third-order valence-electron chi connectivity index (χ3n) is 3.49. The number of rotatable bonds is 8. The zero-order valence-corrected chi connectivity index (χ0v) is 16.3. The molecule has 1 N–H and O–H groups in total. The van der Waals surface area contributed by atoms with E-state index in [0.29, 0.717) is 11.5 Å². The van der Waals surface area contributed by atoms with Crippen molar-refractivity contribution in [3.63, 3.8) is 0 Å². The van der Waals surface area contributed by atoms with Crippen molar-refractivity contribution in [1.29, 1.82) is 0 Å². The lowest BCUT2D eigenvalue weighted by atomic mass is 10.3. The van der Waals surface area contributed by atoms with Crippen molar-refractivity contribution in [3.8, 4) is 11.5 Å². The number of nitrogens with zero attached hydrogens (tertiary/aromatic N) is 1. The van der Waals surface area contributed by atoms with Gasteiger partial charge in [-0.1, -0.05) is 28.1 Å². The molecular weight excluding hydrogens is 410 g/mol. The van der Waals surface area contributed by atoms with Crippen LogP contribution in [0.4, 0.5) is 0 Å². The Balaban J connectivity index is 1.97. The van der Waals surface area contributed by atoms with E-state index in [-0.39, 0.29) is 18.0 Å². The predicted molar refractivity (Wildman–Crippen MR) is 98.5 cm³/mol. The van der Waals surface area contributed by atoms with Crippen LogP contribution in [0.3, 0.4) is 0 Å². The van der Waals surface area contributed by atoms with E-state index in [1.54, 1.807) is 36.4 Å². The normalized spacial score (nSPS) is 12.8. The molecule has 2 aromatic carbocycles. The van der Waals surface area contributed by atoms with Crippen molar-refractivity contribution in [2.24, 2.45) is 0 Å². The lowest BCUT2D eigenvalue weighted by Gasteiger charge is -2.21. The number of ether oxygens (including phenoxy) is 2. The number of aliphatic hydroxyl groups excluding tert-OH is 1. The van der Waals surface area contributed by atoms with Gasteiger partial charge in [-0.15, -0.1) is 0 Å². The van der Waals surface area contributed by atoms with Gasteiger partial charge in [-0.3, -0.25) is 0 Å². The van der Waals surface area contributed by atoms with E-state index >= 15 is 0 Å². The second kappa shape index (κ2) is 8.66. The van der Waals surface area contributed by atoms with E-state index < -0.39 is 16.1 Å². The Kier molecular flexibility index (Phi) is 6.83. The number of aliphatic hydroxyl groups is 1. The highest BCUT2D eigenvalue weighted by atomic mass is 79.9. The molecular formula is C17H20BrNO5S. The van der Waals surface area contributed by atoms with Crippen LogP contribution in [0.2, 0.25) is 0 Å². The molecule has 0 aliphatic rings. The highest BCUT2D eigenvalue weighted by Gasteiger charge is 2.23. The quantitative estimate of drug-likeness (QED) is 0.697. The van der Waals surface area contributed by atoms with Gasteiger partial charge < -0.3 is 14.6 Å². The molecule has 0 saturated heterocycles. The lowest BCUT2D eigenvalue weighted by molar-refractivity contribution is 0.0921. The topological polar surface area (TPSA) is 76.1 Å². The maximum Gasteiger partial charge on any atom is 0.242 e. The van der Waals surface area contributed by atoms with Crippen LogP contribution in [0.25, 0.3) is 0 Å².